The predicted octanol–water partition coefficient (Wildman–Crippen LogP) is 5.30. The first-order valence-corrected chi connectivity index (χ1v) is 10.7. The topological polar surface area (TPSA) is 67.4 Å². The van der Waals surface area contributed by atoms with Crippen LogP contribution in [0.3, 0.4) is 0 Å². The molecule has 2 N–H and O–H groups in total. The van der Waals surface area contributed by atoms with Crippen LogP contribution in [0.5, 0.6) is 5.75 Å². The van der Waals surface area contributed by atoms with Crippen LogP contribution >= 0.6 is 0 Å². The normalized spacial score (nSPS) is 10.3. The highest BCUT2D eigenvalue weighted by Gasteiger charge is 2.08. The Hall–Kier alpha value is -4.38. The second-order valence-electron chi connectivity index (χ2n) is 7.47. The standard InChI is InChI=1S/C28H24N2O3/c31-27(20-33-26-17-13-23(14-18-26)22-9-5-2-6-10-22)30-25-15-11-24(12-16-25)28(32)29-19-21-7-3-1-4-8-21/h1-18H,19-20H2,(H,29,32)(H,30,31). The van der Waals surface area contributed by atoms with Gasteiger partial charge in [-0.05, 0) is 53.1 Å². The van der Waals surface area contributed by atoms with Gasteiger partial charge in [0.1, 0.15) is 5.75 Å². The van der Waals surface area contributed by atoms with Gasteiger partial charge >= 0.3 is 0 Å². The summed E-state index contributed by atoms with van der Waals surface area (Å²) in [4.78, 5) is 24.5. The van der Waals surface area contributed by atoms with Gasteiger partial charge in [0.15, 0.2) is 6.61 Å². The number of rotatable bonds is 8. The van der Waals surface area contributed by atoms with E-state index in [9.17, 15) is 9.59 Å². The van der Waals surface area contributed by atoms with Gasteiger partial charge in [0.2, 0.25) is 0 Å². The monoisotopic (exact) mass is 436 g/mol. The summed E-state index contributed by atoms with van der Waals surface area (Å²) in [6.07, 6.45) is 0. The number of carbonyl (C=O) groups is 2. The van der Waals surface area contributed by atoms with Crippen LogP contribution in [0.15, 0.2) is 109 Å². The van der Waals surface area contributed by atoms with Crippen molar-refractivity contribution in [1.29, 1.82) is 0 Å². The molecule has 0 aliphatic heterocycles. The minimum absolute atomic E-state index is 0.107. The molecule has 33 heavy (non-hydrogen) atoms. The van der Waals surface area contributed by atoms with Crippen LogP contribution in [0.4, 0.5) is 5.69 Å². The van der Waals surface area contributed by atoms with Crippen molar-refractivity contribution < 1.29 is 14.3 Å². The average Bonchev–Trinajstić information content (AvgIpc) is 2.88. The molecule has 0 atom stereocenters. The van der Waals surface area contributed by atoms with Crippen LogP contribution in [0.1, 0.15) is 15.9 Å². The maximum Gasteiger partial charge on any atom is 0.262 e. The Morgan fingerprint density at radius 2 is 1.27 bits per heavy atom. The van der Waals surface area contributed by atoms with Crippen LogP contribution in [-0.2, 0) is 11.3 Å². The lowest BCUT2D eigenvalue weighted by Gasteiger charge is -2.09. The number of carbonyl (C=O) groups excluding carboxylic acids is 2. The molecule has 0 aromatic heterocycles. The third-order valence-electron chi connectivity index (χ3n) is 5.06. The largest absolute Gasteiger partial charge is 0.484 e. The van der Waals surface area contributed by atoms with Crippen molar-refractivity contribution in [2.75, 3.05) is 11.9 Å². The summed E-state index contributed by atoms with van der Waals surface area (Å²) in [6.45, 7) is 0.353. The fraction of sp³-hybridized carbons (Fsp3) is 0.0714. The zero-order chi connectivity index (χ0) is 22.9. The summed E-state index contributed by atoms with van der Waals surface area (Å²) in [5, 5.41) is 5.66. The highest BCUT2D eigenvalue weighted by molar-refractivity contribution is 5.96. The van der Waals surface area contributed by atoms with Crippen molar-refractivity contribution in [3.05, 3.63) is 120 Å². The summed E-state index contributed by atoms with van der Waals surface area (Å²) < 4.78 is 5.59. The zero-order valence-electron chi connectivity index (χ0n) is 18.0. The van der Waals surface area contributed by atoms with Gasteiger partial charge in [0.25, 0.3) is 11.8 Å². The minimum Gasteiger partial charge on any atom is -0.484 e. The lowest BCUT2D eigenvalue weighted by atomic mass is 10.1. The molecule has 2 amide bonds. The molecule has 0 saturated carbocycles. The molecule has 5 nitrogen and oxygen atoms in total. The SMILES string of the molecule is O=C(COc1ccc(-c2ccccc2)cc1)Nc1ccc(C(=O)NCc2ccccc2)cc1. The summed E-state index contributed by atoms with van der Waals surface area (Å²) in [5.41, 5.74) is 4.37. The zero-order valence-corrected chi connectivity index (χ0v) is 18.0. The number of anilines is 1. The van der Waals surface area contributed by atoms with Crippen LogP contribution in [-0.4, -0.2) is 18.4 Å². The fourth-order valence-electron chi connectivity index (χ4n) is 3.31. The Balaban J connectivity index is 1.24. The highest BCUT2D eigenvalue weighted by Crippen LogP contribution is 2.22. The van der Waals surface area contributed by atoms with Crippen molar-refractivity contribution in [1.82, 2.24) is 5.32 Å². The van der Waals surface area contributed by atoms with Crippen molar-refractivity contribution in [3.8, 4) is 16.9 Å². The number of hydrogen-bond donors (Lipinski definition) is 2. The predicted molar refractivity (Wildman–Crippen MR) is 130 cm³/mol. The molecule has 4 aromatic carbocycles. The number of nitrogens with one attached hydrogen (secondary N) is 2. The van der Waals surface area contributed by atoms with Crippen LogP contribution in [0.25, 0.3) is 11.1 Å². The molecule has 0 bridgehead atoms. The van der Waals surface area contributed by atoms with Crippen molar-refractivity contribution in [2.45, 2.75) is 6.54 Å². The fourth-order valence-corrected chi connectivity index (χ4v) is 3.31. The first-order valence-electron chi connectivity index (χ1n) is 10.7. The van der Waals surface area contributed by atoms with E-state index in [2.05, 4.69) is 10.6 Å². The lowest BCUT2D eigenvalue weighted by molar-refractivity contribution is -0.118. The molecular weight excluding hydrogens is 412 g/mol. The van der Waals surface area contributed by atoms with Gasteiger partial charge in [0.05, 0.1) is 0 Å². The molecule has 0 radical (unpaired) electrons. The van der Waals surface area contributed by atoms with Crippen LogP contribution < -0.4 is 15.4 Å². The Bertz CT molecular complexity index is 1190. The van der Waals surface area contributed by atoms with E-state index in [4.69, 9.17) is 4.74 Å². The third kappa shape index (κ3) is 6.31. The first kappa shape index (κ1) is 21.8. The molecule has 164 valence electrons. The molecule has 5 heteroatoms. The van der Waals surface area contributed by atoms with E-state index in [1.807, 2.05) is 84.9 Å². The Kier molecular flexibility index (Phi) is 7.13. The Morgan fingerprint density at radius 1 is 0.667 bits per heavy atom. The second-order valence-corrected chi connectivity index (χ2v) is 7.47. The van der Waals surface area contributed by atoms with Gasteiger partial charge in [-0.15, -0.1) is 0 Å². The van der Waals surface area contributed by atoms with Crippen LogP contribution in [0.2, 0.25) is 0 Å². The molecule has 0 unspecified atom stereocenters. The van der Waals surface area contributed by atoms with Gasteiger partial charge < -0.3 is 15.4 Å². The number of amides is 2. The van der Waals surface area contributed by atoms with Crippen molar-refractivity contribution in [3.63, 3.8) is 0 Å². The smallest absolute Gasteiger partial charge is 0.262 e. The van der Waals surface area contributed by atoms with E-state index in [1.165, 1.54) is 0 Å². The minimum atomic E-state index is -0.275. The molecular formula is C28H24N2O3. The maximum atomic E-state index is 12.3. The summed E-state index contributed by atoms with van der Waals surface area (Å²) in [7, 11) is 0. The number of hydrogen-bond acceptors (Lipinski definition) is 3. The summed E-state index contributed by atoms with van der Waals surface area (Å²) in [6, 6.07) is 34.1. The quantitative estimate of drug-likeness (QED) is 0.394. The maximum absolute atomic E-state index is 12.3. The van der Waals surface area contributed by atoms with Crippen LogP contribution in [0, 0.1) is 0 Å². The van der Waals surface area contributed by atoms with E-state index in [0.29, 0.717) is 23.5 Å². The summed E-state index contributed by atoms with van der Waals surface area (Å²) in [5.74, 6) is 0.178. The molecule has 0 aliphatic rings. The van der Waals surface area contributed by atoms with Gasteiger partial charge in [-0.25, -0.2) is 0 Å². The molecule has 0 fully saturated rings. The first-order chi connectivity index (χ1) is 16.2. The van der Waals surface area contributed by atoms with Gasteiger partial charge in [-0.2, -0.15) is 0 Å². The molecule has 0 heterocycles. The van der Waals surface area contributed by atoms with E-state index >= 15 is 0 Å². The van der Waals surface area contributed by atoms with E-state index in [0.717, 1.165) is 16.7 Å². The molecule has 0 saturated heterocycles. The lowest BCUT2D eigenvalue weighted by Crippen LogP contribution is -2.23. The van der Waals surface area contributed by atoms with E-state index in [1.54, 1.807) is 24.3 Å². The van der Waals surface area contributed by atoms with E-state index < -0.39 is 0 Å². The second kappa shape index (κ2) is 10.8. The highest BCUT2D eigenvalue weighted by atomic mass is 16.5. The number of ether oxygens (including phenoxy) is 1. The van der Waals surface area contributed by atoms with Crippen molar-refractivity contribution >= 4 is 17.5 Å². The van der Waals surface area contributed by atoms with E-state index in [-0.39, 0.29) is 18.4 Å². The van der Waals surface area contributed by atoms with Crippen molar-refractivity contribution in [2.24, 2.45) is 0 Å². The molecule has 4 aromatic rings. The molecule has 0 aliphatic carbocycles. The third-order valence-corrected chi connectivity index (χ3v) is 5.06. The number of benzene rings is 4. The Labute approximate surface area is 193 Å². The molecule has 4 rings (SSSR count). The van der Waals surface area contributed by atoms with Gasteiger partial charge in [-0.3, -0.25) is 9.59 Å². The van der Waals surface area contributed by atoms with Gasteiger partial charge in [-0.1, -0.05) is 72.8 Å². The van der Waals surface area contributed by atoms with Gasteiger partial charge in [0, 0.05) is 17.8 Å². The Morgan fingerprint density at radius 3 is 1.94 bits per heavy atom. The molecule has 0 spiro atoms. The summed E-state index contributed by atoms with van der Waals surface area (Å²) >= 11 is 0. The average molecular weight is 437 g/mol.